The molecule has 188 valence electrons. The van der Waals surface area contributed by atoms with Crippen LogP contribution in [-0.2, 0) is 4.74 Å². The van der Waals surface area contributed by atoms with Gasteiger partial charge in [0.05, 0.1) is 30.6 Å². The third-order valence-corrected chi connectivity index (χ3v) is 6.37. The number of nitrogens with two attached hydrogens (primary N) is 1. The Labute approximate surface area is 206 Å². The van der Waals surface area contributed by atoms with Crippen molar-refractivity contribution in [3.05, 3.63) is 53.9 Å². The van der Waals surface area contributed by atoms with Crippen LogP contribution in [0.2, 0.25) is 0 Å². The van der Waals surface area contributed by atoms with E-state index in [2.05, 4.69) is 25.9 Å². The van der Waals surface area contributed by atoms with Gasteiger partial charge < -0.3 is 21.1 Å². The van der Waals surface area contributed by atoms with Gasteiger partial charge in [-0.25, -0.2) is 9.80 Å². The number of hydrogen-bond donors (Lipinski definition) is 4. The fraction of sp³-hybridized carbons (Fsp3) is 0.480. The van der Waals surface area contributed by atoms with Crippen LogP contribution in [0.4, 0.5) is 16.2 Å². The molecular formula is C25H35N7O3. The van der Waals surface area contributed by atoms with Gasteiger partial charge in [0.2, 0.25) is 0 Å². The largest absolute Gasteiger partial charge is 0.397 e. The minimum Gasteiger partial charge on any atom is -0.397 e. The molecule has 1 unspecified atom stereocenters. The molecule has 1 aromatic heterocycles. The number of hydrazine groups is 1. The maximum Gasteiger partial charge on any atom is 0.329 e. The van der Waals surface area contributed by atoms with Gasteiger partial charge in [-0.15, -0.1) is 0 Å². The number of carbonyl (C=O) groups is 2. The maximum atomic E-state index is 12.7. The standard InChI is InChI=1S/C25H35N7O3/c26-20-6-1-2-7-22(20)28-24(33)23-10-9-19(18-27-23)21(8-5-11-31-14-16-35-17-15-31)29-25(34)30-32-12-3-4-13-32/h1-2,6-7,9-10,18,21H,3-5,8,11-17,26H2,(H,28,33)(H2,29,30,34). The first-order valence-corrected chi connectivity index (χ1v) is 12.3. The van der Waals surface area contributed by atoms with E-state index >= 15 is 0 Å². The average Bonchev–Trinajstić information content (AvgIpc) is 3.38. The van der Waals surface area contributed by atoms with E-state index in [0.717, 1.165) is 77.2 Å². The van der Waals surface area contributed by atoms with Gasteiger partial charge in [0.25, 0.3) is 5.91 Å². The molecule has 5 N–H and O–H groups in total. The number of pyridine rings is 1. The summed E-state index contributed by atoms with van der Waals surface area (Å²) >= 11 is 0. The van der Waals surface area contributed by atoms with Crippen molar-refractivity contribution in [2.24, 2.45) is 0 Å². The molecule has 1 atom stereocenters. The van der Waals surface area contributed by atoms with Crippen LogP contribution in [0.25, 0.3) is 0 Å². The molecule has 2 aromatic rings. The zero-order valence-corrected chi connectivity index (χ0v) is 20.0. The highest BCUT2D eigenvalue weighted by atomic mass is 16.5. The molecule has 0 bridgehead atoms. The number of benzene rings is 1. The van der Waals surface area contributed by atoms with Crippen LogP contribution in [0.3, 0.4) is 0 Å². The molecule has 1 aromatic carbocycles. The number of hydrogen-bond acceptors (Lipinski definition) is 7. The predicted octanol–water partition coefficient (Wildman–Crippen LogP) is 2.38. The highest BCUT2D eigenvalue weighted by Crippen LogP contribution is 2.21. The summed E-state index contributed by atoms with van der Waals surface area (Å²) in [6, 6.07) is 10.2. The van der Waals surface area contributed by atoms with Crippen molar-refractivity contribution in [1.82, 2.24) is 25.6 Å². The van der Waals surface area contributed by atoms with Crippen molar-refractivity contribution in [2.75, 3.05) is 57.0 Å². The quantitative estimate of drug-likeness (QED) is 0.405. The molecular weight excluding hydrogens is 446 g/mol. The van der Waals surface area contributed by atoms with Crippen LogP contribution in [0.15, 0.2) is 42.6 Å². The van der Waals surface area contributed by atoms with Gasteiger partial charge in [-0.1, -0.05) is 18.2 Å². The van der Waals surface area contributed by atoms with E-state index in [4.69, 9.17) is 10.5 Å². The number of nitrogens with one attached hydrogen (secondary N) is 3. The van der Waals surface area contributed by atoms with Gasteiger partial charge in [-0.3, -0.25) is 20.1 Å². The van der Waals surface area contributed by atoms with E-state index in [1.807, 2.05) is 23.2 Å². The van der Waals surface area contributed by atoms with Gasteiger partial charge in [-0.05, 0) is 56.0 Å². The maximum absolute atomic E-state index is 12.7. The van der Waals surface area contributed by atoms with Crippen LogP contribution in [0, 0.1) is 0 Å². The highest BCUT2D eigenvalue weighted by molar-refractivity contribution is 6.04. The number of nitrogens with zero attached hydrogens (tertiary/aromatic N) is 3. The number of rotatable bonds is 9. The number of para-hydroxylation sites is 2. The van der Waals surface area contributed by atoms with E-state index < -0.39 is 0 Å². The van der Waals surface area contributed by atoms with Gasteiger partial charge in [0.15, 0.2) is 0 Å². The summed E-state index contributed by atoms with van der Waals surface area (Å²) in [4.78, 5) is 32.1. The van der Waals surface area contributed by atoms with Crippen molar-refractivity contribution in [3.63, 3.8) is 0 Å². The Hall–Kier alpha value is -3.21. The first-order valence-electron chi connectivity index (χ1n) is 12.3. The number of ether oxygens (including phenoxy) is 1. The molecule has 2 aliphatic heterocycles. The number of amides is 3. The van der Waals surface area contributed by atoms with Crippen molar-refractivity contribution in [3.8, 4) is 0 Å². The molecule has 4 rings (SSSR count). The number of urea groups is 1. The van der Waals surface area contributed by atoms with Gasteiger partial charge in [0.1, 0.15) is 5.69 Å². The summed E-state index contributed by atoms with van der Waals surface area (Å²) in [6.07, 6.45) is 5.53. The van der Waals surface area contributed by atoms with E-state index in [-0.39, 0.29) is 23.7 Å². The first kappa shape index (κ1) is 24.9. The smallest absolute Gasteiger partial charge is 0.329 e. The number of nitrogen functional groups attached to an aromatic ring is 1. The Morgan fingerprint density at radius 3 is 2.54 bits per heavy atom. The number of anilines is 2. The van der Waals surface area contributed by atoms with E-state index in [1.165, 1.54) is 0 Å². The van der Waals surface area contributed by atoms with Gasteiger partial charge >= 0.3 is 6.03 Å². The monoisotopic (exact) mass is 481 g/mol. The number of aromatic nitrogens is 1. The molecule has 0 spiro atoms. The van der Waals surface area contributed by atoms with Gasteiger partial charge in [0, 0.05) is 32.4 Å². The van der Waals surface area contributed by atoms with Crippen LogP contribution in [0.5, 0.6) is 0 Å². The van der Waals surface area contributed by atoms with E-state index in [9.17, 15) is 9.59 Å². The van der Waals surface area contributed by atoms with Crippen molar-refractivity contribution in [2.45, 2.75) is 31.7 Å². The first-order chi connectivity index (χ1) is 17.1. The lowest BCUT2D eigenvalue weighted by Gasteiger charge is -2.27. The number of carbonyl (C=O) groups excluding carboxylic acids is 2. The summed E-state index contributed by atoms with van der Waals surface area (Å²) in [6.45, 7) is 6.08. The predicted molar refractivity (Wildman–Crippen MR) is 135 cm³/mol. The molecule has 35 heavy (non-hydrogen) atoms. The lowest BCUT2D eigenvalue weighted by Crippen LogP contribution is -2.47. The molecule has 0 saturated carbocycles. The summed E-state index contributed by atoms with van der Waals surface area (Å²) in [7, 11) is 0. The molecule has 10 heteroatoms. The average molecular weight is 482 g/mol. The number of morpholine rings is 1. The molecule has 3 heterocycles. The lowest BCUT2D eigenvalue weighted by molar-refractivity contribution is 0.0369. The normalized spacial score (nSPS) is 17.6. The molecule has 0 radical (unpaired) electrons. The SMILES string of the molecule is Nc1ccccc1NC(=O)c1ccc(C(CCCN2CCOCC2)NC(=O)NN2CCCC2)cn1. The topological polar surface area (TPSA) is 125 Å². The van der Waals surface area contributed by atoms with Crippen molar-refractivity contribution >= 4 is 23.3 Å². The fourth-order valence-electron chi connectivity index (χ4n) is 4.37. The molecule has 2 fully saturated rings. The molecule has 2 aliphatic rings. The Morgan fingerprint density at radius 2 is 1.83 bits per heavy atom. The van der Waals surface area contributed by atoms with E-state index in [0.29, 0.717) is 11.4 Å². The van der Waals surface area contributed by atoms with Crippen LogP contribution in [0.1, 0.15) is 47.8 Å². The third-order valence-electron chi connectivity index (χ3n) is 6.37. The second-order valence-corrected chi connectivity index (χ2v) is 8.95. The Bertz CT molecular complexity index is 973. The van der Waals surface area contributed by atoms with Crippen LogP contribution in [-0.4, -0.2) is 72.8 Å². The van der Waals surface area contributed by atoms with E-state index in [1.54, 1.807) is 24.4 Å². The summed E-state index contributed by atoms with van der Waals surface area (Å²) in [5.74, 6) is -0.335. The van der Waals surface area contributed by atoms with Crippen molar-refractivity contribution < 1.29 is 14.3 Å². The zero-order valence-electron chi connectivity index (χ0n) is 20.0. The Kier molecular flexibility index (Phi) is 8.88. The Morgan fingerprint density at radius 1 is 1.06 bits per heavy atom. The summed E-state index contributed by atoms with van der Waals surface area (Å²) < 4.78 is 5.43. The van der Waals surface area contributed by atoms with Gasteiger partial charge in [-0.2, -0.15) is 0 Å². The highest BCUT2D eigenvalue weighted by Gasteiger charge is 2.20. The molecule has 3 amide bonds. The zero-order chi connectivity index (χ0) is 24.5. The second kappa shape index (κ2) is 12.5. The van der Waals surface area contributed by atoms with Crippen molar-refractivity contribution in [1.29, 1.82) is 0 Å². The second-order valence-electron chi connectivity index (χ2n) is 8.95. The van der Waals surface area contributed by atoms with Crippen LogP contribution < -0.4 is 21.8 Å². The third kappa shape index (κ3) is 7.38. The molecule has 0 aliphatic carbocycles. The Balaban J connectivity index is 1.38. The lowest BCUT2D eigenvalue weighted by atomic mass is 10.0. The summed E-state index contributed by atoms with van der Waals surface area (Å²) in [5, 5.41) is 7.84. The molecule has 2 saturated heterocycles. The minimum absolute atomic E-state index is 0.215. The minimum atomic E-state index is -0.335. The summed E-state index contributed by atoms with van der Waals surface area (Å²) in [5.41, 5.74) is 11.0. The fourth-order valence-corrected chi connectivity index (χ4v) is 4.37. The van der Waals surface area contributed by atoms with Crippen LogP contribution >= 0.6 is 0 Å². The molecule has 10 nitrogen and oxygen atoms in total.